The number of H-pyrrole nitrogens is 1. The molecule has 0 aliphatic carbocycles. The number of unbranched alkanes of at least 4 members (excludes halogenated alkanes) is 1. The van der Waals surface area contributed by atoms with Crippen LogP contribution in [0, 0.1) is 0 Å². The summed E-state index contributed by atoms with van der Waals surface area (Å²) in [5.74, 6) is 0.560. The molecule has 0 saturated heterocycles. The first-order chi connectivity index (χ1) is 14.0. The molecule has 0 spiro atoms. The molecule has 0 unspecified atom stereocenters. The number of amides is 1. The largest absolute Gasteiger partial charge is 0.485 e. The molecule has 1 aliphatic rings. The third kappa shape index (κ3) is 4.13. The molecule has 2 heterocycles. The van der Waals surface area contributed by atoms with Gasteiger partial charge in [0.05, 0.1) is 0 Å². The molecule has 3 N–H and O–H groups in total. The minimum Gasteiger partial charge on any atom is -0.485 e. The van der Waals surface area contributed by atoms with Crippen LogP contribution in [-0.4, -0.2) is 34.7 Å². The van der Waals surface area contributed by atoms with Crippen LogP contribution in [0.15, 0.2) is 33.9 Å². The lowest BCUT2D eigenvalue weighted by Gasteiger charge is -2.31. The van der Waals surface area contributed by atoms with Crippen molar-refractivity contribution in [2.24, 2.45) is 0 Å². The van der Waals surface area contributed by atoms with E-state index in [1.165, 1.54) is 9.47 Å². The van der Waals surface area contributed by atoms with Crippen LogP contribution in [0.5, 0.6) is 11.5 Å². The van der Waals surface area contributed by atoms with Crippen molar-refractivity contribution in [1.82, 2.24) is 9.55 Å². The van der Waals surface area contributed by atoms with Crippen LogP contribution in [0.2, 0.25) is 0 Å². The predicted octanol–water partition coefficient (Wildman–Crippen LogP) is 1.50. The molecule has 2 aromatic rings. The molecule has 9 nitrogen and oxygen atoms in total. The second-order valence-corrected chi connectivity index (χ2v) is 6.85. The maximum absolute atomic E-state index is 13.3. The molecule has 1 aliphatic heterocycles. The van der Waals surface area contributed by atoms with Gasteiger partial charge in [-0.1, -0.05) is 32.4 Å². The van der Waals surface area contributed by atoms with Crippen LogP contribution in [-0.2, 0) is 11.3 Å². The standard InChI is InChI=1S/C20H26N4O5/c1-3-5-11-23(16-17(21)24(10-4-2)20(27)22-18(16)25)19(26)15-12-28-13-8-6-7-9-14(13)29-15/h6-9,15H,3-5,10-12,21H2,1-2H3,(H,22,25,27)/t15-/m0/s1. The number of nitrogens with zero attached hydrogens (tertiary/aromatic N) is 2. The Kier molecular flexibility index (Phi) is 6.26. The van der Waals surface area contributed by atoms with E-state index in [0.29, 0.717) is 30.9 Å². The molecule has 0 bridgehead atoms. The third-order valence-corrected chi connectivity index (χ3v) is 4.72. The van der Waals surface area contributed by atoms with Gasteiger partial charge in [-0.05, 0) is 25.0 Å². The van der Waals surface area contributed by atoms with Gasteiger partial charge in [-0.25, -0.2) is 4.79 Å². The molecule has 0 radical (unpaired) electrons. The Morgan fingerprint density at radius 1 is 1.24 bits per heavy atom. The zero-order valence-electron chi connectivity index (χ0n) is 16.6. The van der Waals surface area contributed by atoms with E-state index < -0.39 is 23.3 Å². The summed E-state index contributed by atoms with van der Waals surface area (Å²) in [5.41, 5.74) is 4.85. The number of carbonyl (C=O) groups is 1. The average Bonchev–Trinajstić information content (AvgIpc) is 2.72. The van der Waals surface area contributed by atoms with Crippen molar-refractivity contribution in [3.8, 4) is 11.5 Å². The highest BCUT2D eigenvalue weighted by Gasteiger charge is 2.34. The number of anilines is 2. The monoisotopic (exact) mass is 402 g/mol. The second kappa shape index (κ2) is 8.85. The van der Waals surface area contributed by atoms with Gasteiger partial charge in [0.25, 0.3) is 11.5 Å². The van der Waals surface area contributed by atoms with Crippen molar-refractivity contribution in [3.05, 3.63) is 45.1 Å². The lowest BCUT2D eigenvalue weighted by Crippen LogP contribution is -2.49. The van der Waals surface area contributed by atoms with Crippen molar-refractivity contribution in [3.63, 3.8) is 0 Å². The topological polar surface area (TPSA) is 120 Å². The number of ether oxygens (including phenoxy) is 2. The molecule has 1 atom stereocenters. The molecule has 1 aromatic heterocycles. The first kappa shape index (κ1) is 20.5. The first-order valence-electron chi connectivity index (χ1n) is 9.80. The van der Waals surface area contributed by atoms with E-state index in [2.05, 4.69) is 4.98 Å². The Bertz CT molecular complexity index is 997. The number of nitrogens with two attached hydrogens (primary N) is 1. The summed E-state index contributed by atoms with van der Waals surface area (Å²) >= 11 is 0. The summed E-state index contributed by atoms with van der Waals surface area (Å²) in [6, 6.07) is 7.07. The normalized spacial score (nSPS) is 15.2. The number of rotatable bonds is 7. The Labute approximate surface area is 168 Å². The number of para-hydroxylation sites is 2. The zero-order chi connectivity index (χ0) is 21.0. The van der Waals surface area contributed by atoms with E-state index in [1.54, 1.807) is 18.2 Å². The molecule has 9 heteroatoms. The van der Waals surface area contributed by atoms with Crippen molar-refractivity contribution < 1.29 is 14.3 Å². The summed E-state index contributed by atoms with van der Waals surface area (Å²) in [4.78, 5) is 41.6. The van der Waals surface area contributed by atoms with E-state index >= 15 is 0 Å². The minimum atomic E-state index is -0.924. The molecule has 1 aromatic carbocycles. The predicted molar refractivity (Wildman–Crippen MR) is 110 cm³/mol. The molecule has 156 valence electrons. The van der Waals surface area contributed by atoms with Gasteiger partial charge in [-0.3, -0.25) is 19.1 Å². The van der Waals surface area contributed by atoms with Crippen LogP contribution in [0.3, 0.4) is 0 Å². The van der Waals surface area contributed by atoms with Gasteiger partial charge in [0.1, 0.15) is 12.4 Å². The fourth-order valence-electron chi connectivity index (χ4n) is 3.25. The number of hydrogen-bond donors (Lipinski definition) is 2. The number of fused-ring (bicyclic) bond motifs is 1. The van der Waals surface area contributed by atoms with Gasteiger partial charge in [0.2, 0.25) is 6.10 Å². The Morgan fingerprint density at radius 3 is 2.66 bits per heavy atom. The van der Waals surface area contributed by atoms with Gasteiger partial charge >= 0.3 is 5.69 Å². The molecule has 3 rings (SSSR count). The van der Waals surface area contributed by atoms with Gasteiger partial charge < -0.3 is 20.1 Å². The van der Waals surface area contributed by atoms with Crippen LogP contribution >= 0.6 is 0 Å². The second-order valence-electron chi connectivity index (χ2n) is 6.85. The van der Waals surface area contributed by atoms with E-state index in [9.17, 15) is 14.4 Å². The quantitative estimate of drug-likeness (QED) is 0.724. The van der Waals surface area contributed by atoms with E-state index in [-0.39, 0.29) is 24.7 Å². The maximum Gasteiger partial charge on any atom is 0.330 e. The Hall–Kier alpha value is -3.23. The minimum absolute atomic E-state index is 0.0187. The summed E-state index contributed by atoms with van der Waals surface area (Å²) in [6.45, 7) is 4.49. The average molecular weight is 402 g/mol. The van der Waals surface area contributed by atoms with Crippen LogP contribution < -0.4 is 31.4 Å². The Balaban J connectivity index is 1.99. The smallest absolute Gasteiger partial charge is 0.330 e. The van der Waals surface area contributed by atoms with E-state index in [1.807, 2.05) is 19.9 Å². The Morgan fingerprint density at radius 2 is 1.97 bits per heavy atom. The highest BCUT2D eigenvalue weighted by molar-refractivity contribution is 5.98. The zero-order valence-corrected chi connectivity index (χ0v) is 16.6. The molecule has 1 amide bonds. The van der Waals surface area contributed by atoms with E-state index in [4.69, 9.17) is 15.2 Å². The molecular formula is C20H26N4O5. The van der Waals surface area contributed by atoms with Gasteiger partial charge in [0.15, 0.2) is 17.2 Å². The van der Waals surface area contributed by atoms with Crippen molar-refractivity contribution >= 4 is 17.4 Å². The van der Waals surface area contributed by atoms with E-state index in [0.717, 1.165) is 6.42 Å². The number of aromatic amines is 1. The van der Waals surface area contributed by atoms with Gasteiger partial charge in [-0.15, -0.1) is 0 Å². The highest BCUT2D eigenvalue weighted by Crippen LogP contribution is 2.32. The number of benzene rings is 1. The van der Waals surface area contributed by atoms with Gasteiger partial charge in [0, 0.05) is 13.1 Å². The van der Waals surface area contributed by atoms with Crippen LogP contribution in [0.4, 0.5) is 11.5 Å². The fourth-order valence-corrected chi connectivity index (χ4v) is 3.25. The highest BCUT2D eigenvalue weighted by atomic mass is 16.6. The fraction of sp³-hybridized carbons (Fsp3) is 0.450. The summed E-state index contributed by atoms with van der Waals surface area (Å²) in [6.07, 6.45) is 1.18. The third-order valence-electron chi connectivity index (χ3n) is 4.72. The lowest BCUT2D eigenvalue weighted by atomic mass is 10.2. The molecule has 29 heavy (non-hydrogen) atoms. The lowest BCUT2D eigenvalue weighted by molar-refractivity contribution is -0.127. The van der Waals surface area contributed by atoms with Crippen LogP contribution in [0.25, 0.3) is 0 Å². The molecule has 0 fully saturated rings. The first-order valence-corrected chi connectivity index (χ1v) is 9.80. The number of nitrogens with one attached hydrogen (secondary N) is 1. The van der Waals surface area contributed by atoms with Gasteiger partial charge in [-0.2, -0.15) is 0 Å². The van der Waals surface area contributed by atoms with Crippen LogP contribution in [0.1, 0.15) is 33.1 Å². The SMILES string of the molecule is CCCCN(C(=O)[C@@H]1COc2ccccc2O1)c1c(N)n(CCC)c(=O)[nH]c1=O. The summed E-state index contributed by atoms with van der Waals surface area (Å²) < 4.78 is 12.7. The summed E-state index contributed by atoms with van der Waals surface area (Å²) in [7, 11) is 0. The molecular weight excluding hydrogens is 376 g/mol. The van der Waals surface area contributed by atoms with Crippen molar-refractivity contribution in [2.75, 3.05) is 23.8 Å². The summed E-state index contributed by atoms with van der Waals surface area (Å²) in [5, 5.41) is 0. The number of hydrogen-bond acceptors (Lipinski definition) is 6. The molecule has 0 saturated carbocycles. The number of aromatic nitrogens is 2. The maximum atomic E-state index is 13.3. The van der Waals surface area contributed by atoms with Crippen molar-refractivity contribution in [2.45, 2.75) is 45.8 Å². The number of nitrogen functional groups attached to an aromatic ring is 1. The number of carbonyl (C=O) groups excluding carboxylic acids is 1. The van der Waals surface area contributed by atoms with Crippen molar-refractivity contribution in [1.29, 1.82) is 0 Å².